The molecule has 2 N–H and O–H groups in total. The van der Waals surface area contributed by atoms with Crippen LogP contribution < -0.4 is 19.5 Å². The smallest absolute Gasteiger partial charge is 0.271 e. The third-order valence-electron chi connectivity index (χ3n) is 4.39. The molecule has 0 saturated heterocycles. The van der Waals surface area contributed by atoms with Gasteiger partial charge in [0.2, 0.25) is 0 Å². The van der Waals surface area contributed by atoms with Crippen molar-refractivity contribution in [3.05, 3.63) is 82.4 Å². The van der Waals surface area contributed by atoms with Gasteiger partial charge in [-0.05, 0) is 48.5 Å². The van der Waals surface area contributed by atoms with Crippen LogP contribution >= 0.6 is 0 Å². The van der Waals surface area contributed by atoms with Crippen molar-refractivity contribution in [1.82, 2.24) is 0 Å². The quantitative estimate of drug-likeness (QED) is 0.389. The van der Waals surface area contributed by atoms with Gasteiger partial charge in [0.25, 0.3) is 21.6 Å². The van der Waals surface area contributed by atoms with Crippen molar-refractivity contribution in [2.75, 3.05) is 24.3 Å². The summed E-state index contributed by atoms with van der Waals surface area (Å²) in [4.78, 5) is 23.1. The van der Waals surface area contributed by atoms with Crippen LogP contribution in [0.15, 0.2) is 71.6 Å². The number of nitro benzene ring substituents is 1. The normalized spacial score (nSPS) is 10.8. The Morgan fingerprint density at radius 2 is 1.69 bits per heavy atom. The Morgan fingerprint density at radius 3 is 2.31 bits per heavy atom. The fourth-order valence-electron chi connectivity index (χ4n) is 2.79. The van der Waals surface area contributed by atoms with E-state index in [0.29, 0.717) is 5.75 Å². The monoisotopic (exact) mass is 457 g/mol. The number of non-ortho nitro benzene ring substituents is 1. The number of nitrogens with zero attached hydrogens (tertiary/aromatic N) is 1. The van der Waals surface area contributed by atoms with Crippen LogP contribution in [0.1, 0.15) is 10.4 Å². The Bertz CT molecular complexity index is 1260. The average Bonchev–Trinajstić information content (AvgIpc) is 2.78. The summed E-state index contributed by atoms with van der Waals surface area (Å²) >= 11 is 0. The molecule has 0 radical (unpaired) electrons. The zero-order chi connectivity index (χ0) is 23.3. The van der Waals surface area contributed by atoms with Crippen LogP contribution in [0.5, 0.6) is 11.5 Å². The standard InChI is InChI=1S/C21H19N3O7S/c1-30-17-7-9-18(10-8-17)32(28,29)23-15-5-3-4-14(12-15)21(25)22-19-13-16(24(26)27)6-11-20(19)31-2/h3-13,23H,1-2H3,(H,22,25). The molecule has 0 heterocycles. The zero-order valence-electron chi connectivity index (χ0n) is 17.1. The second-order valence-corrected chi connectivity index (χ2v) is 8.14. The highest BCUT2D eigenvalue weighted by Crippen LogP contribution is 2.29. The number of ether oxygens (including phenoxy) is 2. The van der Waals surface area contributed by atoms with Gasteiger partial charge in [-0.2, -0.15) is 0 Å². The van der Waals surface area contributed by atoms with Crippen LogP contribution in [-0.2, 0) is 10.0 Å². The van der Waals surface area contributed by atoms with Crippen molar-refractivity contribution in [3.8, 4) is 11.5 Å². The lowest BCUT2D eigenvalue weighted by Crippen LogP contribution is -2.15. The van der Waals surface area contributed by atoms with Gasteiger partial charge in [0.05, 0.1) is 29.7 Å². The van der Waals surface area contributed by atoms with E-state index in [1.807, 2.05) is 0 Å². The van der Waals surface area contributed by atoms with E-state index in [9.17, 15) is 23.3 Å². The van der Waals surface area contributed by atoms with Crippen LogP contribution in [0, 0.1) is 10.1 Å². The molecule has 0 aromatic heterocycles. The maximum Gasteiger partial charge on any atom is 0.271 e. The van der Waals surface area contributed by atoms with Crippen LogP contribution in [-0.4, -0.2) is 33.5 Å². The van der Waals surface area contributed by atoms with Crippen molar-refractivity contribution in [2.45, 2.75) is 4.90 Å². The number of methoxy groups -OCH3 is 2. The largest absolute Gasteiger partial charge is 0.497 e. The molecule has 3 rings (SSSR count). The van der Waals surface area contributed by atoms with Crippen LogP contribution in [0.2, 0.25) is 0 Å². The number of sulfonamides is 1. The lowest BCUT2D eigenvalue weighted by Gasteiger charge is -2.12. The summed E-state index contributed by atoms with van der Waals surface area (Å²) in [6.07, 6.45) is 0. The van der Waals surface area contributed by atoms with Gasteiger partial charge in [-0.25, -0.2) is 8.42 Å². The Morgan fingerprint density at radius 1 is 0.969 bits per heavy atom. The summed E-state index contributed by atoms with van der Waals surface area (Å²) in [5.41, 5.74) is 0.186. The SMILES string of the molecule is COc1ccc(S(=O)(=O)Nc2cccc(C(=O)Nc3cc([N+](=O)[O-])ccc3OC)c2)cc1. The molecule has 32 heavy (non-hydrogen) atoms. The summed E-state index contributed by atoms with van der Waals surface area (Å²) in [6.45, 7) is 0. The van der Waals surface area contributed by atoms with Crippen LogP contribution in [0.25, 0.3) is 0 Å². The number of rotatable bonds is 8. The Hall–Kier alpha value is -4.12. The lowest BCUT2D eigenvalue weighted by molar-refractivity contribution is -0.384. The minimum atomic E-state index is -3.90. The van der Waals surface area contributed by atoms with Gasteiger partial charge in [0, 0.05) is 23.4 Å². The lowest BCUT2D eigenvalue weighted by atomic mass is 10.2. The van der Waals surface area contributed by atoms with E-state index in [1.54, 1.807) is 0 Å². The molecule has 0 aliphatic heterocycles. The molecule has 0 aliphatic carbocycles. The molecule has 0 bridgehead atoms. The molecule has 0 aliphatic rings. The number of anilines is 2. The van der Waals surface area contributed by atoms with Gasteiger partial charge in [-0.1, -0.05) is 6.07 Å². The van der Waals surface area contributed by atoms with Gasteiger partial charge < -0.3 is 14.8 Å². The fraction of sp³-hybridized carbons (Fsp3) is 0.0952. The van der Waals surface area contributed by atoms with Crippen LogP contribution in [0.4, 0.5) is 17.1 Å². The third-order valence-corrected chi connectivity index (χ3v) is 5.79. The molecular weight excluding hydrogens is 438 g/mol. The molecule has 0 atom stereocenters. The molecule has 0 saturated carbocycles. The summed E-state index contributed by atoms with van der Waals surface area (Å²) in [5.74, 6) is 0.147. The van der Waals surface area contributed by atoms with Gasteiger partial charge in [0.15, 0.2) is 0 Å². The summed E-state index contributed by atoms with van der Waals surface area (Å²) in [6, 6.07) is 15.4. The van der Waals surface area contributed by atoms with E-state index in [-0.39, 0.29) is 33.3 Å². The Labute approximate surface area is 184 Å². The maximum absolute atomic E-state index is 12.7. The van der Waals surface area contributed by atoms with E-state index in [4.69, 9.17) is 9.47 Å². The highest BCUT2D eigenvalue weighted by Gasteiger charge is 2.17. The Balaban J connectivity index is 1.82. The molecule has 3 aromatic rings. The highest BCUT2D eigenvalue weighted by atomic mass is 32.2. The van der Waals surface area contributed by atoms with E-state index >= 15 is 0 Å². The number of hydrogen-bond donors (Lipinski definition) is 2. The first kappa shape index (κ1) is 22.6. The molecule has 0 fully saturated rings. The molecule has 11 heteroatoms. The molecule has 10 nitrogen and oxygen atoms in total. The first-order valence-corrected chi connectivity index (χ1v) is 10.6. The predicted molar refractivity (Wildman–Crippen MR) is 118 cm³/mol. The summed E-state index contributed by atoms with van der Waals surface area (Å²) in [5, 5.41) is 13.6. The summed E-state index contributed by atoms with van der Waals surface area (Å²) < 4.78 is 37.8. The van der Waals surface area contributed by atoms with Gasteiger partial charge in [0.1, 0.15) is 11.5 Å². The number of amides is 1. The number of benzene rings is 3. The minimum Gasteiger partial charge on any atom is -0.497 e. The number of nitrogens with one attached hydrogen (secondary N) is 2. The third kappa shape index (κ3) is 5.13. The first-order valence-electron chi connectivity index (χ1n) is 9.14. The fourth-order valence-corrected chi connectivity index (χ4v) is 3.84. The van der Waals surface area contributed by atoms with Gasteiger partial charge >= 0.3 is 0 Å². The zero-order valence-corrected chi connectivity index (χ0v) is 17.9. The highest BCUT2D eigenvalue weighted by molar-refractivity contribution is 7.92. The predicted octanol–water partition coefficient (Wildman–Crippen LogP) is 3.67. The number of carbonyl (C=O) groups excluding carboxylic acids is 1. The Kier molecular flexibility index (Phi) is 6.59. The molecule has 166 valence electrons. The number of nitro groups is 1. The van der Waals surface area contributed by atoms with E-state index in [0.717, 1.165) is 0 Å². The average molecular weight is 457 g/mol. The molecule has 0 unspecified atom stereocenters. The molecular formula is C21H19N3O7S. The minimum absolute atomic E-state index is 0.0227. The maximum atomic E-state index is 12.7. The van der Waals surface area contributed by atoms with Gasteiger partial charge in [-0.3, -0.25) is 19.6 Å². The van der Waals surface area contributed by atoms with E-state index in [1.165, 1.54) is 80.9 Å². The molecule has 3 aromatic carbocycles. The van der Waals surface area contributed by atoms with Crippen molar-refractivity contribution in [2.24, 2.45) is 0 Å². The second kappa shape index (κ2) is 9.35. The molecule has 1 amide bonds. The number of carbonyl (C=O) groups is 1. The first-order chi connectivity index (χ1) is 15.2. The van der Waals surface area contributed by atoms with Crippen LogP contribution in [0.3, 0.4) is 0 Å². The van der Waals surface area contributed by atoms with Crippen molar-refractivity contribution < 1.29 is 27.6 Å². The van der Waals surface area contributed by atoms with Crippen molar-refractivity contribution in [1.29, 1.82) is 0 Å². The second-order valence-electron chi connectivity index (χ2n) is 6.46. The van der Waals surface area contributed by atoms with E-state index in [2.05, 4.69) is 10.0 Å². The van der Waals surface area contributed by atoms with E-state index < -0.39 is 20.9 Å². The number of hydrogen-bond acceptors (Lipinski definition) is 7. The summed E-state index contributed by atoms with van der Waals surface area (Å²) in [7, 11) is -1.06. The van der Waals surface area contributed by atoms with Crippen molar-refractivity contribution >= 4 is 33.0 Å². The van der Waals surface area contributed by atoms with Crippen molar-refractivity contribution in [3.63, 3.8) is 0 Å². The van der Waals surface area contributed by atoms with Gasteiger partial charge in [-0.15, -0.1) is 0 Å². The topological polar surface area (TPSA) is 137 Å². The molecule has 0 spiro atoms.